The average molecular weight is 343 g/mol. The molecule has 4 rings (SSSR count). The molecule has 1 aromatic heterocycles. The molecule has 3 unspecified atom stereocenters. The van der Waals surface area contributed by atoms with Crippen molar-refractivity contribution in [1.29, 1.82) is 0 Å². The summed E-state index contributed by atoms with van der Waals surface area (Å²) in [5.41, 5.74) is 6.49. The molecule has 1 aliphatic rings. The van der Waals surface area contributed by atoms with E-state index in [4.69, 9.17) is 4.74 Å². The Balaban J connectivity index is 1.66. The predicted octanol–water partition coefficient (Wildman–Crippen LogP) is 6.08. The Morgan fingerprint density at radius 1 is 0.654 bits per heavy atom. The van der Waals surface area contributed by atoms with Crippen molar-refractivity contribution in [2.45, 2.75) is 44.8 Å². The number of ether oxygens (including phenoxy) is 1. The summed E-state index contributed by atoms with van der Waals surface area (Å²) >= 11 is 0. The van der Waals surface area contributed by atoms with E-state index in [1.165, 1.54) is 27.8 Å². The molecule has 26 heavy (non-hydrogen) atoms. The van der Waals surface area contributed by atoms with Gasteiger partial charge in [0.05, 0.1) is 12.2 Å². The highest BCUT2D eigenvalue weighted by Crippen LogP contribution is 2.45. The maximum atomic E-state index is 6.55. The molecule has 0 radical (unpaired) electrons. The second-order valence-electron chi connectivity index (χ2n) is 7.38. The fraction of sp³-hybridized carbons (Fsp3) is 0.292. The van der Waals surface area contributed by atoms with Gasteiger partial charge in [-0.3, -0.25) is 4.98 Å². The summed E-state index contributed by atoms with van der Waals surface area (Å²) in [5, 5.41) is 0. The van der Waals surface area contributed by atoms with Crippen molar-refractivity contribution in [2.24, 2.45) is 0 Å². The van der Waals surface area contributed by atoms with Crippen LogP contribution in [0.2, 0.25) is 0 Å². The summed E-state index contributed by atoms with van der Waals surface area (Å²) in [6.07, 6.45) is 5.96. The lowest BCUT2D eigenvalue weighted by molar-refractivity contribution is -0.0620. The molecule has 2 heterocycles. The van der Waals surface area contributed by atoms with Gasteiger partial charge in [-0.1, -0.05) is 59.7 Å². The Labute approximate surface area is 155 Å². The second kappa shape index (κ2) is 7.43. The smallest absolute Gasteiger partial charge is 0.0840 e. The molecular formula is C24H25NO. The summed E-state index contributed by atoms with van der Waals surface area (Å²) < 4.78 is 6.55. The van der Waals surface area contributed by atoms with Crippen LogP contribution in [0.5, 0.6) is 0 Å². The Bertz CT molecular complexity index is 786. The van der Waals surface area contributed by atoms with Gasteiger partial charge in [-0.15, -0.1) is 0 Å². The third kappa shape index (κ3) is 3.71. The van der Waals surface area contributed by atoms with Gasteiger partial charge in [0.25, 0.3) is 0 Å². The number of aromatic nitrogens is 1. The van der Waals surface area contributed by atoms with Crippen molar-refractivity contribution in [3.05, 3.63) is 101 Å². The number of hydrogen-bond donors (Lipinski definition) is 0. The van der Waals surface area contributed by atoms with Crippen molar-refractivity contribution >= 4 is 0 Å². The summed E-state index contributed by atoms with van der Waals surface area (Å²) in [4.78, 5) is 4.16. The van der Waals surface area contributed by atoms with Gasteiger partial charge in [0.1, 0.15) is 0 Å². The highest BCUT2D eigenvalue weighted by atomic mass is 16.5. The topological polar surface area (TPSA) is 22.1 Å². The molecule has 2 aromatic carbocycles. The van der Waals surface area contributed by atoms with Gasteiger partial charge in [0, 0.05) is 12.4 Å². The molecule has 2 nitrogen and oxygen atoms in total. The second-order valence-corrected chi connectivity index (χ2v) is 7.38. The first-order valence-electron chi connectivity index (χ1n) is 9.37. The molecule has 3 atom stereocenters. The standard InChI is InChI=1S/C24H25NO/c1-17-3-7-19(8-4-17)22-15-23(20-9-5-18(2)6-10-20)26-24(16-22)21-11-13-25-14-12-21/h3-14,22-24H,15-16H2,1-2H3. The number of pyridine rings is 1. The maximum Gasteiger partial charge on any atom is 0.0840 e. The van der Waals surface area contributed by atoms with Gasteiger partial charge in [-0.25, -0.2) is 0 Å². The number of aryl methyl sites for hydroxylation is 2. The first-order chi connectivity index (χ1) is 12.7. The van der Waals surface area contributed by atoms with Gasteiger partial charge in [0.15, 0.2) is 0 Å². The zero-order valence-corrected chi connectivity index (χ0v) is 15.4. The van der Waals surface area contributed by atoms with E-state index < -0.39 is 0 Å². The van der Waals surface area contributed by atoms with Crippen LogP contribution in [0.1, 0.15) is 58.8 Å². The van der Waals surface area contributed by atoms with Crippen LogP contribution >= 0.6 is 0 Å². The summed E-state index contributed by atoms with van der Waals surface area (Å²) in [6, 6.07) is 21.9. The third-order valence-corrected chi connectivity index (χ3v) is 5.40. The van der Waals surface area contributed by atoms with Crippen LogP contribution in [0.15, 0.2) is 73.1 Å². The molecule has 1 fully saturated rings. The van der Waals surface area contributed by atoms with Gasteiger partial charge in [0.2, 0.25) is 0 Å². The first-order valence-corrected chi connectivity index (χ1v) is 9.37. The lowest BCUT2D eigenvalue weighted by Gasteiger charge is -2.36. The van der Waals surface area contributed by atoms with Crippen molar-refractivity contribution in [3.63, 3.8) is 0 Å². The van der Waals surface area contributed by atoms with E-state index in [1.54, 1.807) is 0 Å². The third-order valence-electron chi connectivity index (χ3n) is 5.40. The van der Waals surface area contributed by atoms with E-state index in [2.05, 4.69) is 79.5 Å². The minimum Gasteiger partial charge on any atom is -0.366 e. The number of rotatable bonds is 3. The Morgan fingerprint density at radius 3 is 1.65 bits per heavy atom. The van der Waals surface area contributed by atoms with Gasteiger partial charge < -0.3 is 4.74 Å². The minimum absolute atomic E-state index is 0.101. The first kappa shape index (κ1) is 17.0. The SMILES string of the molecule is Cc1ccc(C2CC(c3ccncc3)OC(c3ccc(C)cc3)C2)cc1. The van der Waals surface area contributed by atoms with Crippen molar-refractivity contribution < 1.29 is 4.74 Å². The van der Waals surface area contributed by atoms with Crippen molar-refractivity contribution in [2.75, 3.05) is 0 Å². The van der Waals surface area contributed by atoms with Crippen LogP contribution in [-0.4, -0.2) is 4.98 Å². The van der Waals surface area contributed by atoms with E-state index >= 15 is 0 Å². The van der Waals surface area contributed by atoms with E-state index in [-0.39, 0.29) is 12.2 Å². The highest BCUT2D eigenvalue weighted by molar-refractivity contribution is 5.29. The molecule has 0 spiro atoms. The van der Waals surface area contributed by atoms with Crippen LogP contribution < -0.4 is 0 Å². The van der Waals surface area contributed by atoms with Crippen LogP contribution in [0.3, 0.4) is 0 Å². The predicted molar refractivity (Wildman–Crippen MR) is 105 cm³/mol. The van der Waals surface area contributed by atoms with Crippen LogP contribution in [-0.2, 0) is 4.74 Å². The summed E-state index contributed by atoms with van der Waals surface area (Å²) in [5.74, 6) is 0.494. The fourth-order valence-corrected chi connectivity index (χ4v) is 3.82. The quantitative estimate of drug-likeness (QED) is 0.575. The van der Waals surface area contributed by atoms with Gasteiger partial charge in [-0.2, -0.15) is 0 Å². The number of hydrogen-bond acceptors (Lipinski definition) is 2. The molecule has 0 bridgehead atoms. The summed E-state index contributed by atoms with van der Waals surface area (Å²) in [6.45, 7) is 4.27. The largest absolute Gasteiger partial charge is 0.366 e. The molecule has 0 N–H and O–H groups in total. The molecule has 0 amide bonds. The molecule has 1 aliphatic heterocycles. The van der Waals surface area contributed by atoms with Crippen LogP contribution in [0, 0.1) is 13.8 Å². The molecule has 132 valence electrons. The van der Waals surface area contributed by atoms with Gasteiger partial charge >= 0.3 is 0 Å². The minimum atomic E-state index is 0.101. The van der Waals surface area contributed by atoms with Crippen LogP contribution in [0.4, 0.5) is 0 Å². The van der Waals surface area contributed by atoms with Crippen molar-refractivity contribution in [1.82, 2.24) is 4.98 Å². The van der Waals surface area contributed by atoms with E-state index in [9.17, 15) is 0 Å². The van der Waals surface area contributed by atoms with Crippen molar-refractivity contribution in [3.8, 4) is 0 Å². The lowest BCUT2D eigenvalue weighted by Crippen LogP contribution is -2.22. The number of nitrogens with zero attached hydrogens (tertiary/aromatic N) is 1. The lowest BCUT2D eigenvalue weighted by atomic mass is 9.82. The Hall–Kier alpha value is -2.45. The van der Waals surface area contributed by atoms with Crippen LogP contribution in [0.25, 0.3) is 0 Å². The van der Waals surface area contributed by atoms with Gasteiger partial charge in [-0.05, 0) is 61.4 Å². The van der Waals surface area contributed by atoms with E-state index in [0.29, 0.717) is 5.92 Å². The molecular weight excluding hydrogens is 318 g/mol. The molecule has 0 saturated carbocycles. The maximum absolute atomic E-state index is 6.55. The normalized spacial score (nSPS) is 22.9. The molecule has 1 saturated heterocycles. The average Bonchev–Trinajstić information content (AvgIpc) is 2.69. The molecule has 3 aromatic rings. The highest BCUT2D eigenvalue weighted by Gasteiger charge is 2.32. The summed E-state index contributed by atoms with van der Waals surface area (Å²) in [7, 11) is 0. The Kier molecular flexibility index (Phi) is 4.85. The zero-order chi connectivity index (χ0) is 17.9. The zero-order valence-electron chi connectivity index (χ0n) is 15.4. The Morgan fingerprint density at radius 2 is 1.12 bits per heavy atom. The molecule has 0 aliphatic carbocycles. The number of benzene rings is 2. The van der Waals surface area contributed by atoms with E-state index in [0.717, 1.165) is 12.8 Å². The monoisotopic (exact) mass is 343 g/mol. The van der Waals surface area contributed by atoms with E-state index in [1.807, 2.05) is 12.4 Å². The molecule has 2 heteroatoms. The fourth-order valence-electron chi connectivity index (χ4n) is 3.82.